The van der Waals surface area contributed by atoms with Crippen molar-refractivity contribution >= 4 is 22.5 Å². The average molecular weight is 465 g/mol. The van der Waals surface area contributed by atoms with Crippen molar-refractivity contribution in [1.29, 1.82) is 0 Å². The van der Waals surface area contributed by atoms with E-state index in [4.69, 9.17) is 4.74 Å². The first-order chi connectivity index (χ1) is 15.6. The zero-order chi connectivity index (χ0) is 23.8. The Labute approximate surface area is 182 Å². The van der Waals surface area contributed by atoms with Crippen LogP contribution in [-0.2, 0) is 12.4 Å². The number of nitrogens with one attached hydrogen (secondary N) is 1. The third kappa shape index (κ3) is 4.64. The second kappa shape index (κ2) is 8.19. The number of alkyl halides is 6. The molecule has 0 unspecified atom stereocenters. The van der Waals surface area contributed by atoms with Crippen molar-refractivity contribution in [2.45, 2.75) is 12.4 Å². The van der Waals surface area contributed by atoms with Gasteiger partial charge in [0.05, 0.1) is 29.6 Å². The first-order valence-corrected chi connectivity index (χ1v) is 9.25. The lowest BCUT2D eigenvalue weighted by molar-refractivity contribution is -0.138. The second-order valence-electron chi connectivity index (χ2n) is 6.73. The van der Waals surface area contributed by atoms with Gasteiger partial charge in [0.15, 0.2) is 5.65 Å². The summed E-state index contributed by atoms with van der Waals surface area (Å²) in [6.07, 6.45) is -7.26. The van der Waals surface area contributed by atoms with E-state index in [0.29, 0.717) is 17.3 Å². The van der Waals surface area contributed by atoms with Gasteiger partial charge >= 0.3 is 12.4 Å². The molecule has 0 aromatic carbocycles. The Morgan fingerprint density at radius 2 is 1.67 bits per heavy atom. The number of nitrogens with zero attached hydrogens (tertiary/aromatic N) is 4. The highest BCUT2D eigenvalue weighted by atomic mass is 19.4. The largest absolute Gasteiger partial charge is 0.481 e. The van der Waals surface area contributed by atoms with Gasteiger partial charge in [-0.15, -0.1) is 0 Å². The standard InChI is InChI=1S/C21H13F6N5O/c1-33-17-9-15(30-16-7-4-11(10-29-16)20(22,23)24)12-5-6-14(31-19(12)32-17)18-13(21(25,26)27)3-2-8-28-18/h2-10H,1H3,(H,29,30,31,32). The molecule has 170 valence electrons. The summed E-state index contributed by atoms with van der Waals surface area (Å²) in [5, 5.41) is 3.24. The molecule has 0 aliphatic carbocycles. The summed E-state index contributed by atoms with van der Waals surface area (Å²) in [7, 11) is 1.33. The SMILES string of the molecule is COc1cc(Nc2ccc(C(F)(F)F)cn2)c2ccc(-c3ncccc3C(F)(F)F)nc2n1. The maximum atomic E-state index is 13.4. The van der Waals surface area contributed by atoms with E-state index in [0.717, 1.165) is 18.2 Å². The molecule has 6 nitrogen and oxygen atoms in total. The van der Waals surface area contributed by atoms with E-state index < -0.39 is 23.5 Å². The number of anilines is 2. The van der Waals surface area contributed by atoms with E-state index in [1.807, 2.05) is 0 Å². The Balaban J connectivity index is 1.77. The Morgan fingerprint density at radius 1 is 0.879 bits per heavy atom. The molecule has 0 aliphatic rings. The number of ether oxygens (including phenoxy) is 1. The molecule has 0 bridgehead atoms. The lowest BCUT2D eigenvalue weighted by Gasteiger charge is -2.14. The minimum Gasteiger partial charge on any atom is -0.481 e. The third-order valence-electron chi connectivity index (χ3n) is 4.57. The van der Waals surface area contributed by atoms with Gasteiger partial charge in [0, 0.05) is 23.8 Å². The van der Waals surface area contributed by atoms with Crippen molar-refractivity contribution in [1.82, 2.24) is 19.9 Å². The van der Waals surface area contributed by atoms with Crippen LogP contribution >= 0.6 is 0 Å². The molecule has 0 fully saturated rings. The third-order valence-corrected chi connectivity index (χ3v) is 4.57. The quantitative estimate of drug-likeness (QED) is 0.380. The number of methoxy groups -OCH3 is 1. The number of hydrogen-bond donors (Lipinski definition) is 1. The number of rotatable bonds is 4. The van der Waals surface area contributed by atoms with Crippen LogP contribution in [0.2, 0.25) is 0 Å². The summed E-state index contributed by atoms with van der Waals surface area (Å²) in [6.45, 7) is 0. The zero-order valence-electron chi connectivity index (χ0n) is 16.7. The molecule has 1 N–H and O–H groups in total. The van der Waals surface area contributed by atoms with Crippen LogP contribution in [0, 0.1) is 0 Å². The first kappa shape index (κ1) is 22.2. The number of halogens is 6. The molecule has 4 heterocycles. The van der Waals surface area contributed by atoms with Crippen molar-refractivity contribution in [3.63, 3.8) is 0 Å². The van der Waals surface area contributed by atoms with Crippen molar-refractivity contribution in [2.75, 3.05) is 12.4 Å². The van der Waals surface area contributed by atoms with Gasteiger partial charge in [0.25, 0.3) is 0 Å². The summed E-state index contributed by atoms with van der Waals surface area (Å²) >= 11 is 0. The molecule has 0 saturated heterocycles. The van der Waals surface area contributed by atoms with E-state index in [2.05, 4.69) is 25.3 Å². The highest BCUT2D eigenvalue weighted by Gasteiger charge is 2.34. The normalized spacial score (nSPS) is 12.1. The predicted molar refractivity (Wildman–Crippen MR) is 107 cm³/mol. The fraction of sp³-hybridized carbons (Fsp3) is 0.143. The van der Waals surface area contributed by atoms with Gasteiger partial charge in [-0.2, -0.15) is 31.3 Å². The highest BCUT2D eigenvalue weighted by Crippen LogP contribution is 2.36. The maximum Gasteiger partial charge on any atom is 0.418 e. The molecule has 4 aromatic heterocycles. The average Bonchev–Trinajstić information content (AvgIpc) is 2.77. The summed E-state index contributed by atoms with van der Waals surface area (Å²) < 4.78 is 83.6. The van der Waals surface area contributed by atoms with E-state index in [1.165, 1.54) is 37.6 Å². The lowest BCUT2D eigenvalue weighted by atomic mass is 10.1. The number of aromatic nitrogens is 4. The predicted octanol–water partition coefficient (Wildman–Crippen LogP) is 5.88. The van der Waals surface area contributed by atoms with Gasteiger partial charge in [-0.25, -0.2) is 9.97 Å². The van der Waals surface area contributed by atoms with Crippen LogP contribution in [0.5, 0.6) is 5.88 Å². The fourth-order valence-electron chi connectivity index (χ4n) is 3.03. The minimum atomic E-state index is -4.64. The summed E-state index contributed by atoms with van der Waals surface area (Å²) in [5.74, 6) is 0.185. The number of fused-ring (bicyclic) bond motifs is 1. The molecule has 4 rings (SSSR count). The molecule has 0 spiro atoms. The topological polar surface area (TPSA) is 72.8 Å². The monoisotopic (exact) mass is 465 g/mol. The van der Waals surface area contributed by atoms with E-state index in [-0.39, 0.29) is 28.7 Å². The molecule has 33 heavy (non-hydrogen) atoms. The van der Waals surface area contributed by atoms with Gasteiger partial charge < -0.3 is 10.1 Å². The molecule has 0 radical (unpaired) electrons. The molecule has 4 aromatic rings. The van der Waals surface area contributed by atoms with Gasteiger partial charge in [0.1, 0.15) is 11.5 Å². The Morgan fingerprint density at radius 3 is 2.30 bits per heavy atom. The molecule has 12 heteroatoms. The minimum absolute atomic E-state index is 0.0417. The van der Waals surface area contributed by atoms with Crippen LogP contribution in [-0.4, -0.2) is 27.0 Å². The van der Waals surface area contributed by atoms with Crippen LogP contribution in [0.4, 0.5) is 37.8 Å². The van der Waals surface area contributed by atoms with Crippen LogP contribution in [0.3, 0.4) is 0 Å². The van der Waals surface area contributed by atoms with Crippen molar-refractivity contribution in [2.24, 2.45) is 0 Å². The van der Waals surface area contributed by atoms with Crippen molar-refractivity contribution in [3.8, 4) is 17.3 Å². The molecule has 0 aliphatic heterocycles. The van der Waals surface area contributed by atoms with Gasteiger partial charge in [-0.1, -0.05) is 0 Å². The van der Waals surface area contributed by atoms with E-state index >= 15 is 0 Å². The summed E-state index contributed by atoms with van der Waals surface area (Å²) in [4.78, 5) is 16.0. The number of hydrogen-bond acceptors (Lipinski definition) is 6. The smallest absolute Gasteiger partial charge is 0.418 e. The Kier molecular flexibility index (Phi) is 5.52. The van der Waals surface area contributed by atoms with Crippen LogP contribution in [0.25, 0.3) is 22.4 Å². The van der Waals surface area contributed by atoms with E-state index in [9.17, 15) is 26.3 Å². The Bertz CT molecular complexity index is 1310. The lowest BCUT2D eigenvalue weighted by Crippen LogP contribution is -2.09. The summed E-state index contributed by atoms with van der Waals surface area (Å²) in [6, 6.07) is 8.37. The second-order valence-corrected chi connectivity index (χ2v) is 6.73. The van der Waals surface area contributed by atoms with Crippen LogP contribution in [0.15, 0.2) is 54.9 Å². The molecule has 0 atom stereocenters. The van der Waals surface area contributed by atoms with Gasteiger partial charge in [-0.05, 0) is 36.4 Å². The molecular formula is C21H13F6N5O. The zero-order valence-corrected chi connectivity index (χ0v) is 16.7. The van der Waals surface area contributed by atoms with Crippen molar-refractivity contribution < 1.29 is 31.1 Å². The Hall–Kier alpha value is -3.96. The van der Waals surface area contributed by atoms with Crippen LogP contribution in [0.1, 0.15) is 11.1 Å². The van der Waals surface area contributed by atoms with E-state index in [1.54, 1.807) is 0 Å². The molecular weight excluding hydrogens is 452 g/mol. The van der Waals surface area contributed by atoms with Crippen molar-refractivity contribution in [3.05, 3.63) is 66.0 Å². The first-order valence-electron chi connectivity index (χ1n) is 9.25. The number of pyridine rings is 4. The van der Waals surface area contributed by atoms with Gasteiger partial charge in [0.2, 0.25) is 5.88 Å². The highest BCUT2D eigenvalue weighted by molar-refractivity contribution is 5.92. The molecule has 0 saturated carbocycles. The summed E-state index contributed by atoms with van der Waals surface area (Å²) in [5.41, 5.74) is -1.91. The maximum absolute atomic E-state index is 13.4. The van der Waals surface area contributed by atoms with Gasteiger partial charge in [-0.3, -0.25) is 4.98 Å². The molecule has 0 amide bonds. The fourth-order valence-corrected chi connectivity index (χ4v) is 3.03. The van der Waals surface area contributed by atoms with Crippen LogP contribution < -0.4 is 10.1 Å².